The van der Waals surface area contributed by atoms with Crippen LogP contribution in [0.5, 0.6) is 0 Å². The fourth-order valence-electron chi connectivity index (χ4n) is 1.17. The summed E-state index contributed by atoms with van der Waals surface area (Å²) in [5, 5.41) is 0. The summed E-state index contributed by atoms with van der Waals surface area (Å²) in [6, 6.07) is 0. The van der Waals surface area contributed by atoms with Crippen LogP contribution in [-0.2, 0) is 23.7 Å². The number of halogens is 1. The molecule has 0 rings (SSSR count). The van der Waals surface area contributed by atoms with Crippen LogP contribution in [0.2, 0.25) is 0 Å². The maximum atomic E-state index is 13.0. The predicted molar refractivity (Wildman–Crippen MR) is 59.1 cm³/mol. The molecule has 0 aliphatic heterocycles. The van der Waals surface area contributed by atoms with Crippen LogP contribution in [0, 0.1) is 0 Å². The summed E-state index contributed by atoms with van der Waals surface area (Å²) in [6.07, 6.45) is 1.03. The van der Waals surface area contributed by atoms with Crippen molar-refractivity contribution in [2.45, 2.75) is 19.6 Å². The lowest BCUT2D eigenvalue weighted by Crippen LogP contribution is -2.40. The Morgan fingerprint density at radius 1 is 1.18 bits per heavy atom. The number of methoxy groups -OCH3 is 2. The van der Waals surface area contributed by atoms with Gasteiger partial charge in [-0.2, -0.15) is 0 Å². The highest BCUT2D eigenvalue weighted by atomic mass is 19.1. The normalized spacial score (nSPS) is 12.4. The molecule has 0 atom stereocenters. The zero-order valence-electron chi connectivity index (χ0n) is 10.6. The molecule has 0 fully saturated rings. The van der Waals surface area contributed by atoms with Crippen LogP contribution in [0.15, 0.2) is 11.8 Å². The molecule has 0 aromatic heterocycles. The predicted octanol–water partition coefficient (Wildman–Crippen LogP) is 1.43. The van der Waals surface area contributed by atoms with E-state index in [1.807, 2.05) is 0 Å². The summed E-state index contributed by atoms with van der Waals surface area (Å²) in [5.74, 6) is -2.39. The second-order valence-electron chi connectivity index (χ2n) is 2.99. The summed E-state index contributed by atoms with van der Waals surface area (Å²) in [7, 11) is 2.53. The van der Waals surface area contributed by atoms with Crippen LogP contribution in [0.25, 0.3) is 0 Å². The van der Waals surface area contributed by atoms with E-state index in [1.165, 1.54) is 14.2 Å². The Hall–Kier alpha value is -1.14. The molecule has 0 spiro atoms. The smallest absolute Gasteiger partial charge is 0.334 e. The van der Waals surface area contributed by atoms with Crippen molar-refractivity contribution in [2.24, 2.45) is 0 Å². The molecule has 0 amide bonds. The number of carbonyl (C=O) groups is 1. The number of esters is 1. The SMILES string of the molecule is CCOC(=O)/C=C(/OCC)C(CF)(OC)OC. The quantitative estimate of drug-likeness (QED) is 0.282. The van der Waals surface area contributed by atoms with Gasteiger partial charge in [-0.3, -0.25) is 0 Å². The average Bonchev–Trinajstić information content (AvgIpc) is 2.32. The number of rotatable bonds is 8. The lowest BCUT2D eigenvalue weighted by molar-refractivity contribution is -0.211. The minimum absolute atomic E-state index is 0.0500. The fraction of sp³-hybridized carbons (Fsp3) is 0.727. The fourth-order valence-corrected chi connectivity index (χ4v) is 1.17. The standard InChI is InChI=1S/C11H19FO5/c1-5-16-9(7-10(13)17-6-2)11(8-12,14-3)15-4/h7H,5-6,8H2,1-4H3/b9-7+. The third-order valence-electron chi connectivity index (χ3n) is 2.05. The largest absolute Gasteiger partial charge is 0.492 e. The Labute approximate surface area is 100 Å². The average molecular weight is 250 g/mol. The van der Waals surface area contributed by atoms with E-state index in [1.54, 1.807) is 13.8 Å². The molecule has 0 N–H and O–H groups in total. The third kappa shape index (κ3) is 4.32. The maximum Gasteiger partial charge on any atom is 0.334 e. The molecular formula is C11H19FO5. The van der Waals surface area contributed by atoms with Gasteiger partial charge in [0.15, 0.2) is 12.4 Å². The minimum atomic E-state index is -1.71. The van der Waals surface area contributed by atoms with Gasteiger partial charge in [0.05, 0.1) is 19.3 Å². The first-order chi connectivity index (χ1) is 8.10. The Morgan fingerprint density at radius 2 is 1.71 bits per heavy atom. The van der Waals surface area contributed by atoms with E-state index < -0.39 is 18.4 Å². The van der Waals surface area contributed by atoms with Gasteiger partial charge in [-0.15, -0.1) is 0 Å². The zero-order valence-corrected chi connectivity index (χ0v) is 10.6. The third-order valence-corrected chi connectivity index (χ3v) is 2.05. The lowest BCUT2D eigenvalue weighted by atomic mass is 10.2. The van der Waals surface area contributed by atoms with Gasteiger partial charge in [0, 0.05) is 14.2 Å². The summed E-state index contributed by atoms with van der Waals surface area (Å²) < 4.78 is 32.7. The number of hydrogen-bond donors (Lipinski definition) is 0. The first kappa shape index (κ1) is 15.9. The van der Waals surface area contributed by atoms with Crippen molar-refractivity contribution in [1.29, 1.82) is 0 Å². The van der Waals surface area contributed by atoms with Gasteiger partial charge in [-0.1, -0.05) is 0 Å². The minimum Gasteiger partial charge on any atom is -0.492 e. The maximum absolute atomic E-state index is 13.0. The molecule has 5 nitrogen and oxygen atoms in total. The van der Waals surface area contributed by atoms with Crippen molar-refractivity contribution < 1.29 is 28.1 Å². The molecule has 0 saturated heterocycles. The van der Waals surface area contributed by atoms with Gasteiger partial charge in [0.25, 0.3) is 5.79 Å². The highest BCUT2D eigenvalue weighted by molar-refractivity contribution is 5.82. The summed E-state index contributed by atoms with van der Waals surface area (Å²) in [4.78, 5) is 11.3. The van der Waals surface area contributed by atoms with Crippen molar-refractivity contribution >= 4 is 5.97 Å². The number of hydrogen-bond acceptors (Lipinski definition) is 5. The van der Waals surface area contributed by atoms with E-state index in [4.69, 9.17) is 18.9 Å². The van der Waals surface area contributed by atoms with Crippen molar-refractivity contribution in [2.75, 3.05) is 34.1 Å². The van der Waals surface area contributed by atoms with Crippen LogP contribution < -0.4 is 0 Å². The molecule has 0 bridgehead atoms. The van der Waals surface area contributed by atoms with Crippen LogP contribution in [0.1, 0.15) is 13.8 Å². The molecule has 0 aromatic carbocycles. The van der Waals surface area contributed by atoms with Crippen LogP contribution in [-0.4, -0.2) is 45.9 Å². The first-order valence-corrected chi connectivity index (χ1v) is 5.28. The van der Waals surface area contributed by atoms with Crippen molar-refractivity contribution in [3.8, 4) is 0 Å². The molecule has 100 valence electrons. The molecule has 0 aliphatic rings. The van der Waals surface area contributed by atoms with Gasteiger partial charge < -0.3 is 18.9 Å². The Bertz CT molecular complexity index is 252. The van der Waals surface area contributed by atoms with Gasteiger partial charge in [0.2, 0.25) is 0 Å². The van der Waals surface area contributed by atoms with Crippen molar-refractivity contribution in [1.82, 2.24) is 0 Å². The topological polar surface area (TPSA) is 54.0 Å². The molecule has 0 radical (unpaired) electrons. The van der Waals surface area contributed by atoms with Gasteiger partial charge >= 0.3 is 5.97 Å². The summed E-state index contributed by atoms with van der Waals surface area (Å²) in [5.41, 5.74) is 0. The number of ether oxygens (including phenoxy) is 4. The zero-order chi connectivity index (χ0) is 13.3. The van der Waals surface area contributed by atoms with Crippen LogP contribution >= 0.6 is 0 Å². The molecule has 6 heteroatoms. The number of carbonyl (C=O) groups excluding carboxylic acids is 1. The second-order valence-corrected chi connectivity index (χ2v) is 2.99. The van der Waals surface area contributed by atoms with E-state index in [-0.39, 0.29) is 19.0 Å². The summed E-state index contributed by atoms with van der Waals surface area (Å²) >= 11 is 0. The molecule has 0 aliphatic carbocycles. The van der Waals surface area contributed by atoms with Gasteiger partial charge in [-0.25, -0.2) is 9.18 Å². The van der Waals surface area contributed by atoms with E-state index in [0.29, 0.717) is 0 Å². The van der Waals surface area contributed by atoms with Gasteiger partial charge in [-0.05, 0) is 13.8 Å². The highest BCUT2D eigenvalue weighted by Gasteiger charge is 2.37. The van der Waals surface area contributed by atoms with E-state index in [2.05, 4.69) is 0 Å². The Morgan fingerprint density at radius 3 is 2.06 bits per heavy atom. The Kier molecular flexibility index (Phi) is 7.49. The molecular weight excluding hydrogens is 231 g/mol. The van der Waals surface area contributed by atoms with E-state index >= 15 is 0 Å². The Balaban J connectivity index is 5.10. The molecule has 0 saturated carbocycles. The molecule has 17 heavy (non-hydrogen) atoms. The van der Waals surface area contributed by atoms with Crippen molar-refractivity contribution in [3.63, 3.8) is 0 Å². The molecule has 0 heterocycles. The summed E-state index contributed by atoms with van der Waals surface area (Å²) in [6.45, 7) is 2.86. The van der Waals surface area contributed by atoms with E-state index in [0.717, 1.165) is 6.08 Å². The highest BCUT2D eigenvalue weighted by Crippen LogP contribution is 2.24. The first-order valence-electron chi connectivity index (χ1n) is 5.28. The molecule has 0 aromatic rings. The van der Waals surface area contributed by atoms with Crippen LogP contribution in [0.4, 0.5) is 4.39 Å². The second kappa shape index (κ2) is 8.03. The van der Waals surface area contributed by atoms with E-state index in [9.17, 15) is 9.18 Å². The monoisotopic (exact) mass is 250 g/mol. The number of alkyl halides is 1. The molecule has 0 unspecified atom stereocenters. The lowest BCUT2D eigenvalue weighted by Gasteiger charge is -2.29. The van der Waals surface area contributed by atoms with Gasteiger partial charge in [0.1, 0.15) is 0 Å². The van der Waals surface area contributed by atoms with Crippen molar-refractivity contribution in [3.05, 3.63) is 11.8 Å². The van der Waals surface area contributed by atoms with Crippen LogP contribution in [0.3, 0.4) is 0 Å².